The second kappa shape index (κ2) is 10.4. The second-order valence-electron chi connectivity index (χ2n) is 9.37. The van der Waals surface area contributed by atoms with Gasteiger partial charge in [0, 0.05) is 16.7 Å². The molecule has 2 fully saturated rings. The van der Waals surface area contributed by atoms with E-state index in [4.69, 9.17) is 0 Å². The van der Waals surface area contributed by atoms with Gasteiger partial charge in [0.1, 0.15) is 5.69 Å². The second-order valence-corrected chi connectivity index (χ2v) is 9.55. The minimum Gasteiger partial charge on any atom is -0.205 e. The van der Waals surface area contributed by atoms with E-state index >= 15 is 0 Å². The highest BCUT2D eigenvalue weighted by atomic mass is 32.1. The number of rotatable bonds is 4. The molecule has 0 spiro atoms. The van der Waals surface area contributed by atoms with Crippen LogP contribution in [-0.2, 0) is 0 Å². The first kappa shape index (κ1) is 22.7. The summed E-state index contributed by atoms with van der Waals surface area (Å²) in [6.07, 6.45) is 11.2. The summed E-state index contributed by atoms with van der Waals surface area (Å²) in [6.45, 7) is 5.73. The minimum atomic E-state index is -0.462. The quantitative estimate of drug-likeness (QED) is 0.262. The smallest absolute Gasteiger partial charge is 0.151 e. The third-order valence-electron chi connectivity index (χ3n) is 7.25. The monoisotopic (exact) mass is 443 g/mol. The fourth-order valence-electron chi connectivity index (χ4n) is 5.49. The molecule has 0 N–H and O–H groups in total. The van der Waals surface area contributed by atoms with E-state index in [1.165, 1.54) is 63.0 Å². The van der Waals surface area contributed by atoms with E-state index in [1.54, 1.807) is 6.07 Å². The van der Waals surface area contributed by atoms with Gasteiger partial charge in [0.15, 0.2) is 5.82 Å². The summed E-state index contributed by atoms with van der Waals surface area (Å²) in [6, 6.07) is 11.8. The highest BCUT2D eigenvalue weighted by Gasteiger charge is 2.29. The molecular formula is C29H30FNS. The van der Waals surface area contributed by atoms with Gasteiger partial charge < -0.3 is 0 Å². The van der Waals surface area contributed by atoms with Crippen LogP contribution < -0.4 is 0 Å². The lowest BCUT2D eigenvalue weighted by molar-refractivity contribution is 0.235. The number of thiocarbonyl (C=S) groups is 1. The van der Waals surface area contributed by atoms with Crippen LogP contribution in [0.1, 0.15) is 86.5 Å². The Kier molecular flexibility index (Phi) is 7.36. The first-order chi connectivity index (χ1) is 15.5. The zero-order valence-electron chi connectivity index (χ0n) is 18.8. The van der Waals surface area contributed by atoms with E-state index in [2.05, 4.69) is 65.1 Å². The van der Waals surface area contributed by atoms with Crippen molar-refractivity contribution < 1.29 is 4.39 Å². The van der Waals surface area contributed by atoms with Gasteiger partial charge in [-0.15, -0.1) is 0 Å². The average molecular weight is 444 g/mol. The van der Waals surface area contributed by atoms with Crippen molar-refractivity contribution in [2.24, 2.45) is 16.8 Å². The SMILES string of the molecule is C=C(C)c1cc(C#Cc2ccc(C3CCC(C4CCCC4)CC3)cc2)cc(F)c1N=C=S. The van der Waals surface area contributed by atoms with Gasteiger partial charge in [-0.05, 0) is 98.0 Å². The van der Waals surface area contributed by atoms with Crippen molar-refractivity contribution >= 4 is 28.6 Å². The number of hydrogen-bond donors (Lipinski definition) is 0. The molecule has 0 bridgehead atoms. The van der Waals surface area contributed by atoms with Crippen LogP contribution in [0.5, 0.6) is 0 Å². The number of halogens is 1. The molecule has 1 nitrogen and oxygen atoms in total. The molecule has 2 aliphatic rings. The summed E-state index contributed by atoms with van der Waals surface area (Å²) in [5.41, 5.74) is 4.45. The molecule has 2 saturated carbocycles. The molecule has 0 unspecified atom stereocenters. The van der Waals surface area contributed by atoms with Gasteiger partial charge in [0.05, 0.1) is 5.16 Å². The number of hydrogen-bond acceptors (Lipinski definition) is 2. The average Bonchev–Trinajstić information content (AvgIpc) is 3.34. The Bertz CT molecular complexity index is 1080. The van der Waals surface area contributed by atoms with Gasteiger partial charge in [0.25, 0.3) is 0 Å². The largest absolute Gasteiger partial charge is 0.205 e. The Morgan fingerprint density at radius 3 is 2.19 bits per heavy atom. The molecule has 0 aromatic heterocycles. The zero-order valence-corrected chi connectivity index (χ0v) is 19.6. The normalized spacial score (nSPS) is 20.8. The summed E-state index contributed by atoms with van der Waals surface area (Å²) in [5, 5.41) is 2.24. The van der Waals surface area contributed by atoms with E-state index in [0.29, 0.717) is 22.6 Å². The fraction of sp³-hybridized carbons (Fsp3) is 0.414. The van der Waals surface area contributed by atoms with Crippen LogP contribution in [0.2, 0.25) is 0 Å². The van der Waals surface area contributed by atoms with Crippen molar-refractivity contribution in [1.29, 1.82) is 0 Å². The van der Waals surface area contributed by atoms with Gasteiger partial charge in [-0.2, -0.15) is 4.99 Å². The van der Waals surface area contributed by atoms with Crippen molar-refractivity contribution in [2.75, 3.05) is 0 Å². The van der Waals surface area contributed by atoms with E-state index in [-0.39, 0.29) is 5.69 Å². The van der Waals surface area contributed by atoms with Crippen LogP contribution >= 0.6 is 12.2 Å². The number of aliphatic imine (C=N–C) groups is 1. The van der Waals surface area contributed by atoms with Gasteiger partial charge in [-0.25, -0.2) is 4.39 Å². The molecule has 2 aromatic carbocycles. The lowest BCUT2D eigenvalue weighted by Crippen LogP contribution is -2.19. The van der Waals surface area contributed by atoms with Crippen molar-refractivity contribution in [1.82, 2.24) is 0 Å². The van der Waals surface area contributed by atoms with Gasteiger partial charge in [-0.3, -0.25) is 0 Å². The number of allylic oxidation sites excluding steroid dienone is 1. The Labute approximate surface area is 196 Å². The van der Waals surface area contributed by atoms with Crippen LogP contribution in [0, 0.1) is 29.5 Å². The summed E-state index contributed by atoms with van der Waals surface area (Å²) in [5.74, 6) is 8.43. The molecule has 32 heavy (non-hydrogen) atoms. The number of benzene rings is 2. The molecule has 0 heterocycles. The molecule has 0 radical (unpaired) electrons. The predicted octanol–water partition coefficient (Wildman–Crippen LogP) is 8.46. The van der Waals surface area contributed by atoms with Crippen LogP contribution in [0.4, 0.5) is 10.1 Å². The molecule has 0 atom stereocenters. The van der Waals surface area contributed by atoms with Crippen molar-refractivity contribution in [3.8, 4) is 11.8 Å². The molecule has 2 aromatic rings. The lowest BCUT2D eigenvalue weighted by Gasteiger charge is -2.32. The predicted molar refractivity (Wildman–Crippen MR) is 135 cm³/mol. The molecule has 3 heteroatoms. The first-order valence-electron chi connectivity index (χ1n) is 11.7. The first-order valence-corrected chi connectivity index (χ1v) is 12.1. The maximum Gasteiger partial charge on any atom is 0.151 e. The molecule has 0 aliphatic heterocycles. The maximum absolute atomic E-state index is 14.5. The van der Waals surface area contributed by atoms with E-state index < -0.39 is 5.82 Å². The molecule has 2 aliphatic carbocycles. The molecule has 0 amide bonds. The summed E-state index contributed by atoms with van der Waals surface area (Å²) in [4.78, 5) is 3.85. The lowest BCUT2D eigenvalue weighted by atomic mass is 9.73. The zero-order chi connectivity index (χ0) is 22.5. The van der Waals surface area contributed by atoms with Crippen LogP contribution in [0.3, 0.4) is 0 Å². The summed E-state index contributed by atoms with van der Waals surface area (Å²) >= 11 is 4.63. The molecular weight excluding hydrogens is 413 g/mol. The Morgan fingerprint density at radius 1 is 0.938 bits per heavy atom. The Morgan fingerprint density at radius 2 is 1.56 bits per heavy atom. The van der Waals surface area contributed by atoms with Crippen molar-refractivity contribution in [2.45, 2.75) is 64.2 Å². The van der Waals surface area contributed by atoms with Crippen LogP contribution in [0.25, 0.3) is 5.57 Å². The van der Waals surface area contributed by atoms with Crippen LogP contribution in [-0.4, -0.2) is 5.16 Å². The Hall–Kier alpha value is -2.53. The van der Waals surface area contributed by atoms with Crippen molar-refractivity contribution in [3.05, 3.63) is 71.0 Å². The molecule has 4 rings (SSSR count). The summed E-state index contributed by atoms with van der Waals surface area (Å²) < 4.78 is 14.5. The topological polar surface area (TPSA) is 12.4 Å². The third kappa shape index (κ3) is 5.26. The standard InChI is InChI=1S/C29H30FNS/c1-20(2)27-17-22(18-28(30)29(27)31-19-32)8-7-21-9-11-24(12-10-21)26-15-13-25(14-16-26)23-5-3-4-6-23/h9-12,17-18,23,25-26H,1,3-6,13-16H2,2H3. The summed E-state index contributed by atoms with van der Waals surface area (Å²) in [7, 11) is 0. The molecule has 0 saturated heterocycles. The minimum absolute atomic E-state index is 0.171. The Balaban J connectivity index is 1.44. The van der Waals surface area contributed by atoms with Gasteiger partial charge in [0.2, 0.25) is 0 Å². The highest BCUT2D eigenvalue weighted by Crippen LogP contribution is 2.43. The molecule has 164 valence electrons. The van der Waals surface area contributed by atoms with Crippen molar-refractivity contribution in [3.63, 3.8) is 0 Å². The van der Waals surface area contributed by atoms with Crippen LogP contribution in [0.15, 0.2) is 48.0 Å². The van der Waals surface area contributed by atoms with Gasteiger partial charge in [-0.1, -0.05) is 56.2 Å². The van der Waals surface area contributed by atoms with E-state index in [0.717, 1.165) is 17.4 Å². The maximum atomic E-state index is 14.5. The van der Waals surface area contributed by atoms with Gasteiger partial charge >= 0.3 is 0 Å². The highest BCUT2D eigenvalue weighted by molar-refractivity contribution is 7.78. The van der Waals surface area contributed by atoms with E-state index in [9.17, 15) is 4.39 Å². The number of isothiocyanates is 1. The third-order valence-corrected chi connectivity index (χ3v) is 7.34. The van der Waals surface area contributed by atoms with E-state index in [1.807, 2.05) is 6.92 Å². The number of nitrogens with zero attached hydrogens (tertiary/aromatic N) is 1. The fourth-order valence-corrected chi connectivity index (χ4v) is 5.58.